The zero-order valence-corrected chi connectivity index (χ0v) is 3.07. The van der Waals surface area contributed by atoms with E-state index >= 15 is 0 Å². The minimum absolute atomic E-state index is 0.102. The van der Waals surface area contributed by atoms with Crippen LogP contribution in [0.4, 0.5) is 0 Å². The van der Waals surface area contributed by atoms with E-state index in [-0.39, 0.29) is 12.1 Å². The van der Waals surface area contributed by atoms with Gasteiger partial charge in [-0.25, -0.2) is 15.3 Å². The first-order chi connectivity index (χ1) is 2.27. The SMILES string of the molecule is NS[N+](=O)[O-]. The molecule has 4 nitrogen and oxygen atoms in total. The smallest absolute Gasteiger partial charge is 0.249 e. The van der Waals surface area contributed by atoms with Crippen LogP contribution in [-0.2, 0) is 0 Å². The second-order valence-electron chi connectivity index (χ2n) is 0.329. The molecule has 0 aliphatic carbocycles. The summed E-state index contributed by atoms with van der Waals surface area (Å²) in [6.45, 7) is 0. The molecule has 2 N–H and O–H groups in total. The standard InChI is InChI=1S/H2N2O2S/c1-5-2(3)4/h1H2. The van der Waals surface area contributed by atoms with Crippen LogP contribution in [-0.4, -0.2) is 4.33 Å². The van der Waals surface area contributed by atoms with Crippen LogP contribution in [0.15, 0.2) is 0 Å². The Morgan fingerprint density at radius 2 is 2.20 bits per heavy atom. The van der Waals surface area contributed by atoms with Crippen LogP contribution in [0.1, 0.15) is 0 Å². The minimum Gasteiger partial charge on any atom is -0.249 e. The van der Waals surface area contributed by atoms with E-state index < -0.39 is 4.33 Å². The van der Waals surface area contributed by atoms with Gasteiger partial charge in [0.25, 0.3) is 0 Å². The molecule has 0 atom stereocenters. The third kappa shape index (κ3) is 3.71. The Morgan fingerprint density at radius 1 is 2.00 bits per heavy atom. The van der Waals surface area contributed by atoms with Crippen molar-refractivity contribution < 1.29 is 4.33 Å². The van der Waals surface area contributed by atoms with Gasteiger partial charge in [0.15, 0.2) is 0 Å². The summed E-state index contributed by atoms with van der Waals surface area (Å²) in [4.78, 5) is 9.01. The lowest BCUT2D eigenvalue weighted by Gasteiger charge is -1.68. The molecule has 0 amide bonds. The van der Waals surface area contributed by atoms with Gasteiger partial charge < -0.3 is 0 Å². The van der Waals surface area contributed by atoms with E-state index in [1.807, 2.05) is 0 Å². The van der Waals surface area contributed by atoms with Crippen molar-refractivity contribution >= 4 is 12.1 Å². The van der Waals surface area contributed by atoms with Crippen molar-refractivity contribution in [3.05, 3.63) is 10.1 Å². The fourth-order valence-corrected chi connectivity index (χ4v) is 0. The van der Waals surface area contributed by atoms with Gasteiger partial charge in [0.2, 0.25) is 0 Å². The van der Waals surface area contributed by atoms with Crippen molar-refractivity contribution in [2.24, 2.45) is 5.14 Å². The maximum absolute atomic E-state index is 9.01. The number of nitro groups is 1. The van der Waals surface area contributed by atoms with E-state index in [0.717, 1.165) is 0 Å². The van der Waals surface area contributed by atoms with Gasteiger partial charge in [0.05, 0.1) is 0 Å². The first-order valence-electron chi connectivity index (χ1n) is 0.783. The predicted octanol–water partition coefficient (Wildman–Crippen LogP) is -0.215. The van der Waals surface area contributed by atoms with Crippen molar-refractivity contribution in [2.45, 2.75) is 0 Å². The summed E-state index contributed by atoms with van der Waals surface area (Å²) >= 11 is 0.102. The molecule has 30 valence electrons. The van der Waals surface area contributed by atoms with Gasteiger partial charge in [-0.3, -0.25) is 0 Å². The van der Waals surface area contributed by atoms with E-state index in [1.54, 1.807) is 0 Å². The highest BCUT2D eigenvalue weighted by Gasteiger charge is 1.83. The molecule has 0 fully saturated rings. The van der Waals surface area contributed by atoms with E-state index in [1.165, 1.54) is 0 Å². The number of hydrogen-bond acceptors (Lipinski definition) is 4. The van der Waals surface area contributed by atoms with Crippen LogP contribution >= 0.6 is 12.1 Å². The monoisotopic (exact) mass is 94.0 g/mol. The Hall–Kier alpha value is -0.290. The molecule has 0 saturated heterocycles. The molecule has 0 rings (SSSR count). The molecule has 0 aromatic rings. The fraction of sp³-hybridized carbons (Fsp3) is 0. The van der Waals surface area contributed by atoms with Crippen LogP contribution in [0.2, 0.25) is 0 Å². The molecular weight excluding hydrogens is 92.1 g/mol. The van der Waals surface area contributed by atoms with Gasteiger partial charge in [-0.05, 0) is 0 Å². The van der Waals surface area contributed by atoms with E-state index in [2.05, 4.69) is 5.14 Å². The highest BCUT2D eigenvalue weighted by molar-refractivity contribution is 7.91. The summed E-state index contributed by atoms with van der Waals surface area (Å²) in [5.74, 6) is 0. The molecular formula is H2N2O2S. The van der Waals surface area contributed by atoms with Crippen molar-refractivity contribution in [1.29, 1.82) is 0 Å². The molecule has 0 bridgehead atoms. The summed E-state index contributed by atoms with van der Waals surface area (Å²) in [7, 11) is 0. The van der Waals surface area contributed by atoms with Crippen molar-refractivity contribution in [3.63, 3.8) is 0 Å². The summed E-state index contributed by atoms with van der Waals surface area (Å²) < 4.78 is -0.681. The number of hydrogen-bond donors (Lipinski definition) is 1. The van der Waals surface area contributed by atoms with Gasteiger partial charge in [-0.1, -0.05) is 0 Å². The van der Waals surface area contributed by atoms with Crippen LogP contribution in [0.25, 0.3) is 0 Å². The average Bonchev–Trinajstić information content (AvgIpc) is 1.38. The highest BCUT2D eigenvalue weighted by Crippen LogP contribution is 1.79. The van der Waals surface area contributed by atoms with Crippen LogP contribution in [0, 0.1) is 10.1 Å². The number of nitrogens with two attached hydrogens (primary N) is 1. The number of rotatable bonds is 1. The minimum atomic E-state index is -0.681. The summed E-state index contributed by atoms with van der Waals surface area (Å²) in [6, 6.07) is 0. The van der Waals surface area contributed by atoms with E-state index in [9.17, 15) is 0 Å². The second kappa shape index (κ2) is 1.98. The second-order valence-corrected chi connectivity index (χ2v) is 0.838. The van der Waals surface area contributed by atoms with Crippen molar-refractivity contribution in [2.75, 3.05) is 0 Å². The summed E-state index contributed by atoms with van der Waals surface area (Å²) in [5, 5.41) is 13.4. The summed E-state index contributed by atoms with van der Waals surface area (Å²) in [5.41, 5.74) is 0. The maximum atomic E-state index is 9.01. The quantitative estimate of drug-likeness (QED) is 0.277. The third-order valence-electron chi connectivity index (χ3n) is 0.0861. The topological polar surface area (TPSA) is 69.2 Å². The molecule has 0 radical (unpaired) electrons. The molecule has 0 aliphatic rings. The molecule has 0 unspecified atom stereocenters. The average molecular weight is 94.1 g/mol. The Kier molecular flexibility index (Phi) is 1.86. The number of nitrogens with zero attached hydrogens (tertiary/aromatic N) is 1. The van der Waals surface area contributed by atoms with Crippen LogP contribution in [0.3, 0.4) is 0 Å². The Bertz CT molecular complexity index is 42.9. The molecule has 0 aromatic carbocycles. The largest absolute Gasteiger partial charge is 0.317 e. The Morgan fingerprint density at radius 3 is 2.20 bits per heavy atom. The zero-order chi connectivity index (χ0) is 4.28. The molecule has 0 saturated carbocycles. The molecule has 0 heterocycles. The molecule has 0 aromatic heterocycles. The lowest BCUT2D eigenvalue weighted by Crippen LogP contribution is -1.87. The lowest BCUT2D eigenvalue weighted by molar-refractivity contribution is -0.284. The first kappa shape index (κ1) is 4.71. The zero-order valence-electron chi connectivity index (χ0n) is 2.25. The molecule has 0 aliphatic heterocycles. The highest BCUT2D eigenvalue weighted by atomic mass is 32.2. The van der Waals surface area contributed by atoms with E-state index in [4.69, 9.17) is 10.1 Å². The van der Waals surface area contributed by atoms with E-state index in [0.29, 0.717) is 0 Å². The van der Waals surface area contributed by atoms with Gasteiger partial charge in [0, 0.05) is 0 Å². The van der Waals surface area contributed by atoms with Gasteiger partial charge >= 0.3 is 12.1 Å². The van der Waals surface area contributed by atoms with Crippen LogP contribution < -0.4 is 5.14 Å². The summed E-state index contributed by atoms with van der Waals surface area (Å²) in [6.07, 6.45) is 0. The van der Waals surface area contributed by atoms with Crippen molar-refractivity contribution in [3.8, 4) is 0 Å². The third-order valence-corrected chi connectivity index (χ3v) is 0.258. The Balaban J connectivity index is 2.85. The van der Waals surface area contributed by atoms with Gasteiger partial charge in [0.1, 0.15) is 4.33 Å². The molecule has 5 heteroatoms. The van der Waals surface area contributed by atoms with Gasteiger partial charge in [-0.2, -0.15) is 0 Å². The van der Waals surface area contributed by atoms with Crippen molar-refractivity contribution in [1.82, 2.24) is 0 Å². The fourth-order valence-electron chi connectivity index (χ4n) is 0. The maximum Gasteiger partial charge on any atom is 0.317 e. The Labute approximate surface area is 32.8 Å². The predicted molar refractivity (Wildman–Crippen MR) is 18.8 cm³/mol. The van der Waals surface area contributed by atoms with Gasteiger partial charge in [-0.15, -0.1) is 0 Å². The normalized spacial score (nSPS) is 7.40. The lowest BCUT2D eigenvalue weighted by atomic mass is 13.4. The molecule has 5 heavy (non-hydrogen) atoms. The van der Waals surface area contributed by atoms with Crippen LogP contribution in [0.5, 0.6) is 0 Å². The molecule has 0 spiro atoms. The first-order valence-corrected chi connectivity index (χ1v) is 1.62.